The van der Waals surface area contributed by atoms with Gasteiger partial charge in [-0.25, -0.2) is 0 Å². The van der Waals surface area contributed by atoms with E-state index in [1.165, 1.54) is 31.9 Å². The third-order valence-corrected chi connectivity index (χ3v) is 5.82. The Bertz CT molecular complexity index is 868. The number of ether oxygens (including phenoxy) is 3. The molecule has 0 spiro atoms. The molecule has 0 aromatic heterocycles. The molecule has 3 rings (SSSR count). The molecule has 0 aliphatic carbocycles. The van der Waals surface area contributed by atoms with E-state index in [4.69, 9.17) is 14.2 Å². The van der Waals surface area contributed by atoms with Crippen molar-refractivity contribution in [2.24, 2.45) is 0 Å². The standard InChI is InChI=1S/C24H32N2O4/c1-17-9-7-8-12-26(17)16-19-11-6-5-10-18(19)15-25-24(27)20-13-22(29-3)23(30-4)14-21(20)28-2/h5-6,10-11,13-14,17H,7-9,12,15-16H2,1-4H3,(H,25,27). The maximum absolute atomic E-state index is 12.9. The Balaban J connectivity index is 1.74. The number of nitrogens with one attached hydrogen (secondary N) is 1. The quantitative estimate of drug-likeness (QED) is 0.710. The number of carbonyl (C=O) groups is 1. The number of rotatable bonds is 8. The molecule has 1 heterocycles. The normalized spacial score (nSPS) is 16.7. The van der Waals surface area contributed by atoms with Crippen molar-refractivity contribution < 1.29 is 19.0 Å². The first-order valence-corrected chi connectivity index (χ1v) is 10.5. The third kappa shape index (κ3) is 5.05. The smallest absolute Gasteiger partial charge is 0.255 e. The zero-order valence-electron chi connectivity index (χ0n) is 18.4. The lowest BCUT2D eigenvalue weighted by Crippen LogP contribution is -2.37. The van der Waals surface area contributed by atoms with Crippen LogP contribution in [0.25, 0.3) is 0 Å². The summed E-state index contributed by atoms with van der Waals surface area (Å²) in [5.74, 6) is 1.24. The number of hydrogen-bond donors (Lipinski definition) is 1. The van der Waals surface area contributed by atoms with E-state index in [-0.39, 0.29) is 5.91 Å². The zero-order chi connectivity index (χ0) is 21.5. The lowest BCUT2D eigenvalue weighted by atomic mass is 10.0. The fourth-order valence-electron chi connectivity index (χ4n) is 3.97. The first-order chi connectivity index (χ1) is 14.6. The van der Waals surface area contributed by atoms with Gasteiger partial charge in [0.2, 0.25) is 0 Å². The summed E-state index contributed by atoms with van der Waals surface area (Å²) >= 11 is 0. The van der Waals surface area contributed by atoms with Crippen LogP contribution < -0.4 is 19.5 Å². The second-order valence-corrected chi connectivity index (χ2v) is 7.67. The van der Waals surface area contributed by atoms with E-state index in [0.29, 0.717) is 35.4 Å². The predicted molar refractivity (Wildman–Crippen MR) is 117 cm³/mol. The maximum Gasteiger partial charge on any atom is 0.255 e. The molecule has 6 nitrogen and oxygen atoms in total. The molecule has 0 saturated carbocycles. The Labute approximate surface area is 179 Å². The second kappa shape index (κ2) is 10.3. The van der Waals surface area contributed by atoms with Crippen LogP contribution in [0.15, 0.2) is 36.4 Å². The van der Waals surface area contributed by atoms with Crippen molar-refractivity contribution in [2.75, 3.05) is 27.9 Å². The third-order valence-electron chi connectivity index (χ3n) is 5.82. The Morgan fingerprint density at radius 3 is 2.33 bits per heavy atom. The van der Waals surface area contributed by atoms with Crippen LogP contribution in [0.1, 0.15) is 47.7 Å². The monoisotopic (exact) mass is 412 g/mol. The van der Waals surface area contributed by atoms with Gasteiger partial charge in [-0.2, -0.15) is 0 Å². The predicted octanol–water partition coefficient (Wildman–Crippen LogP) is 4.02. The van der Waals surface area contributed by atoms with E-state index in [1.807, 2.05) is 6.07 Å². The molecule has 6 heteroatoms. The van der Waals surface area contributed by atoms with E-state index in [2.05, 4.69) is 35.3 Å². The van der Waals surface area contributed by atoms with Gasteiger partial charge in [-0.05, 0) is 37.4 Å². The van der Waals surface area contributed by atoms with Crippen molar-refractivity contribution in [3.63, 3.8) is 0 Å². The molecular formula is C24H32N2O4. The zero-order valence-corrected chi connectivity index (χ0v) is 18.4. The molecule has 1 amide bonds. The summed E-state index contributed by atoms with van der Waals surface area (Å²) in [7, 11) is 4.63. The number of likely N-dealkylation sites (tertiary alicyclic amines) is 1. The van der Waals surface area contributed by atoms with Gasteiger partial charge < -0.3 is 19.5 Å². The molecule has 1 saturated heterocycles. The molecule has 2 aromatic rings. The Kier molecular flexibility index (Phi) is 7.57. The van der Waals surface area contributed by atoms with Crippen LogP contribution in [0.4, 0.5) is 0 Å². The topological polar surface area (TPSA) is 60.0 Å². The van der Waals surface area contributed by atoms with Gasteiger partial charge in [0.05, 0.1) is 26.9 Å². The van der Waals surface area contributed by atoms with Crippen molar-refractivity contribution in [1.82, 2.24) is 10.2 Å². The minimum absolute atomic E-state index is 0.214. The number of piperidine rings is 1. The molecule has 1 N–H and O–H groups in total. The summed E-state index contributed by atoms with van der Waals surface area (Å²) in [6.07, 6.45) is 3.81. The molecule has 0 bridgehead atoms. The number of nitrogens with zero attached hydrogens (tertiary/aromatic N) is 1. The van der Waals surface area contributed by atoms with Crippen LogP contribution in [0.5, 0.6) is 17.2 Å². The average molecular weight is 413 g/mol. The fourth-order valence-corrected chi connectivity index (χ4v) is 3.97. The summed E-state index contributed by atoms with van der Waals surface area (Å²) < 4.78 is 16.0. The highest BCUT2D eigenvalue weighted by Crippen LogP contribution is 2.34. The number of methoxy groups -OCH3 is 3. The summed E-state index contributed by atoms with van der Waals surface area (Å²) in [6, 6.07) is 12.2. The van der Waals surface area contributed by atoms with Crippen LogP contribution in [0.2, 0.25) is 0 Å². The molecule has 1 atom stereocenters. The van der Waals surface area contributed by atoms with E-state index in [1.54, 1.807) is 26.4 Å². The number of amides is 1. The highest BCUT2D eigenvalue weighted by Gasteiger charge is 2.20. The van der Waals surface area contributed by atoms with Crippen molar-refractivity contribution in [3.8, 4) is 17.2 Å². The first kappa shape index (κ1) is 22.0. The summed E-state index contributed by atoms with van der Waals surface area (Å²) in [6.45, 7) is 4.79. The van der Waals surface area contributed by atoms with Crippen molar-refractivity contribution >= 4 is 5.91 Å². The van der Waals surface area contributed by atoms with Gasteiger partial charge in [0.25, 0.3) is 5.91 Å². The minimum atomic E-state index is -0.214. The molecule has 30 heavy (non-hydrogen) atoms. The van der Waals surface area contributed by atoms with Gasteiger partial charge in [0.15, 0.2) is 11.5 Å². The minimum Gasteiger partial charge on any atom is -0.496 e. The highest BCUT2D eigenvalue weighted by molar-refractivity contribution is 5.97. The molecule has 0 radical (unpaired) electrons. The summed E-state index contributed by atoms with van der Waals surface area (Å²) in [4.78, 5) is 15.5. The van der Waals surface area contributed by atoms with Crippen molar-refractivity contribution in [2.45, 2.75) is 45.3 Å². The van der Waals surface area contributed by atoms with E-state index in [9.17, 15) is 4.79 Å². The highest BCUT2D eigenvalue weighted by atomic mass is 16.5. The van der Waals surface area contributed by atoms with Crippen molar-refractivity contribution in [3.05, 3.63) is 53.1 Å². The van der Waals surface area contributed by atoms with E-state index in [0.717, 1.165) is 18.7 Å². The lowest BCUT2D eigenvalue weighted by molar-refractivity contribution is 0.0947. The van der Waals surface area contributed by atoms with Crippen LogP contribution in [0, 0.1) is 0 Å². The Morgan fingerprint density at radius 1 is 1.00 bits per heavy atom. The van der Waals surface area contributed by atoms with Gasteiger partial charge in [-0.15, -0.1) is 0 Å². The number of benzene rings is 2. The molecule has 1 aliphatic heterocycles. The first-order valence-electron chi connectivity index (χ1n) is 10.5. The lowest BCUT2D eigenvalue weighted by Gasteiger charge is -2.33. The Hall–Kier alpha value is -2.73. The number of hydrogen-bond acceptors (Lipinski definition) is 5. The van der Waals surface area contributed by atoms with Gasteiger partial charge in [0.1, 0.15) is 5.75 Å². The molecule has 1 aliphatic rings. The molecule has 162 valence electrons. The van der Waals surface area contributed by atoms with Crippen LogP contribution in [0.3, 0.4) is 0 Å². The summed E-state index contributed by atoms with van der Waals surface area (Å²) in [5.41, 5.74) is 2.80. The van der Waals surface area contributed by atoms with Crippen LogP contribution in [-0.4, -0.2) is 44.7 Å². The number of carbonyl (C=O) groups excluding carboxylic acids is 1. The molecule has 1 unspecified atom stereocenters. The molecule has 2 aromatic carbocycles. The molecular weight excluding hydrogens is 380 g/mol. The average Bonchev–Trinajstić information content (AvgIpc) is 2.78. The van der Waals surface area contributed by atoms with E-state index >= 15 is 0 Å². The van der Waals surface area contributed by atoms with Gasteiger partial charge in [-0.3, -0.25) is 9.69 Å². The SMILES string of the molecule is COc1cc(OC)c(C(=O)NCc2ccccc2CN2CCCCC2C)cc1OC. The largest absolute Gasteiger partial charge is 0.496 e. The fraction of sp³-hybridized carbons (Fsp3) is 0.458. The van der Waals surface area contributed by atoms with E-state index < -0.39 is 0 Å². The van der Waals surface area contributed by atoms with Gasteiger partial charge >= 0.3 is 0 Å². The van der Waals surface area contributed by atoms with Gasteiger partial charge in [-0.1, -0.05) is 30.7 Å². The maximum atomic E-state index is 12.9. The summed E-state index contributed by atoms with van der Waals surface area (Å²) in [5, 5.41) is 3.03. The second-order valence-electron chi connectivity index (χ2n) is 7.67. The Morgan fingerprint density at radius 2 is 1.67 bits per heavy atom. The van der Waals surface area contributed by atoms with Gasteiger partial charge in [0, 0.05) is 31.3 Å². The molecule has 1 fully saturated rings. The van der Waals surface area contributed by atoms with Crippen LogP contribution >= 0.6 is 0 Å². The van der Waals surface area contributed by atoms with Crippen molar-refractivity contribution in [1.29, 1.82) is 0 Å². The van der Waals surface area contributed by atoms with Crippen LogP contribution in [-0.2, 0) is 13.1 Å².